The summed E-state index contributed by atoms with van der Waals surface area (Å²) in [6.45, 7) is 2.49. The highest BCUT2D eigenvalue weighted by atomic mass is 16.4. The van der Waals surface area contributed by atoms with E-state index in [1.165, 1.54) is 0 Å². The van der Waals surface area contributed by atoms with Crippen molar-refractivity contribution < 1.29 is 14.3 Å². The Morgan fingerprint density at radius 3 is 2.74 bits per heavy atom. The van der Waals surface area contributed by atoms with Crippen LogP contribution in [0.1, 0.15) is 25.7 Å². The van der Waals surface area contributed by atoms with Crippen molar-refractivity contribution in [3.63, 3.8) is 0 Å². The van der Waals surface area contributed by atoms with Crippen molar-refractivity contribution in [2.75, 3.05) is 31.1 Å². The number of β-amino-alcohol motifs (C(OH)–C–C–N with tert-alkyl or cyclic N) is 1. The summed E-state index contributed by atoms with van der Waals surface area (Å²) < 4.78 is 5.78. The SMILES string of the molecule is O=C(N1CCCC1)C1(O)CCCN(c2nc3ccccc3o2)C1. The van der Waals surface area contributed by atoms with Crippen LogP contribution in [0.15, 0.2) is 28.7 Å². The molecule has 0 aliphatic carbocycles. The lowest BCUT2D eigenvalue weighted by Gasteiger charge is -2.39. The van der Waals surface area contributed by atoms with Crippen molar-refractivity contribution in [1.82, 2.24) is 9.88 Å². The molecule has 1 atom stereocenters. The molecule has 23 heavy (non-hydrogen) atoms. The minimum atomic E-state index is -1.33. The number of oxazole rings is 1. The highest BCUT2D eigenvalue weighted by Gasteiger charge is 2.44. The molecule has 3 heterocycles. The molecule has 1 aromatic heterocycles. The van der Waals surface area contributed by atoms with Gasteiger partial charge in [-0.05, 0) is 37.8 Å². The minimum Gasteiger partial charge on any atom is -0.423 e. The topological polar surface area (TPSA) is 69.8 Å². The third-order valence-corrected chi connectivity index (χ3v) is 4.82. The molecule has 2 aromatic rings. The number of hydrogen-bond donors (Lipinski definition) is 1. The predicted molar refractivity (Wildman–Crippen MR) is 86.2 cm³/mol. The van der Waals surface area contributed by atoms with Gasteiger partial charge in [0.1, 0.15) is 5.52 Å². The van der Waals surface area contributed by atoms with Gasteiger partial charge in [0, 0.05) is 19.6 Å². The van der Waals surface area contributed by atoms with E-state index in [-0.39, 0.29) is 12.5 Å². The van der Waals surface area contributed by atoms with Crippen molar-refractivity contribution in [2.24, 2.45) is 0 Å². The molecule has 122 valence electrons. The van der Waals surface area contributed by atoms with Crippen molar-refractivity contribution in [3.8, 4) is 0 Å². The van der Waals surface area contributed by atoms with Crippen molar-refractivity contribution in [2.45, 2.75) is 31.3 Å². The first-order valence-electron chi connectivity index (χ1n) is 8.28. The maximum absolute atomic E-state index is 12.7. The van der Waals surface area contributed by atoms with E-state index >= 15 is 0 Å². The van der Waals surface area contributed by atoms with Gasteiger partial charge in [0.05, 0.1) is 6.54 Å². The Bertz CT molecular complexity index is 690. The van der Waals surface area contributed by atoms with E-state index in [4.69, 9.17) is 4.42 Å². The Morgan fingerprint density at radius 2 is 1.96 bits per heavy atom. The smallest absolute Gasteiger partial charge is 0.298 e. The maximum Gasteiger partial charge on any atom is 0.298 e. The second-order valence-corrected chi connectivity index (χ2v) is 6.52. The largest absolute Gasteiger partial charge is 0.423 e. The van der Waals surface area contributed by atoms with Gasteiger partial charge in [0.25, 0.3) is 11.9 Å². The lowest BCUT2D eigenvalue weighted by molar-refractivity contribution is -0.151. The molecule has 2 aliphatic heterocycles. The first kappa shape index (κ1) is 14.5. The molecule has 4 rings (SSSR count). The second-order valence-electron chi connectivity index (χ2n) is 6.52. The van der Waals surface area contributed by atoms with Crippen LogP contribution in [-0.4, -0.2) is 52.7 Å². The zero-order chi connectivity index (χ0) is 15.9. The van der Waals surface area contributed by atoms with E-state index in [0.29, 0.717) is 12.4 Å². The van der Waals surface area contributed by atoms with Crippen molar-refractivity contribution in [3.05, 3.63) is 24.3 Å². The third-order valence-electron chi connectivity index (χ3n) is 4.82. The average Bonchev–Trinajstić information content (AvgIpc) is 3.23. The number of carbonyl (C=O) groups is 1. The van der Waals surface area contributed by atoms with Gasteiger partial charge >= 0.3 is 0 Å². The fourth-order valence-electron chi connectivity index (χ4n) is 3.58. The summed E-state index contributed by atoms with van der Waals surface area (Å²) in [6.07, 6.45) is 3.29. The van der Waals surface area contributed by atoms with Crippen molar-refractivity contribution >= 4 is 23.0 Å². The van der Waals surface area contributed by atoms with Crippen molar-refractivity contribution in [1.29, 1.82) is 0 Å². The fourth-order valence-corrected chi connectivity index (χ4v) is 3.58. The molecule has 0 spiro atoms. The number of amides is 1. The van der Waals surface area contributed by atoms with Crippen LogP contribution in [0.4, 0.5) is 6.01 Å². The fraction of sp³-hybridized carbons (Fsp3) is 0.529. The number of nitrogens with zero attached hydrogens (tertiary/aromatic N) is 3. The highest BCUT2D eigenvalue weighted by Crippen LogP contribution is 2.30. The summed E-state index contributed by atoms with van der Waals surface area (Å²) in [4.78, 5) is 20.8. The van der Waals surface area contributed by atoms with Crippen LogP contribution in [-0.2, 0) is 4.79 Å². The number of benzene rings is 1. The van der Waals surface area contributed by atoms with Gasteiger partial charge in [-0.2, -0.15) is 4.98 Å². The Kier molecular flexibility index (Phi) is 3.49. The first-order valence-corrected chi connectivity index (χ1v) is 8.28. The molecular weight excluding hydrogens is 294 g/mol. The van der Waals surface area contributed by atoms with Crippen LogP contribution in [0.2, 0.25) is 0 Å². The Labute approximate surface area is 134 Å². The van der Waals surface area contributed by atoms with Crippen LogP contribution < -0.4 is 4.90 Å². The first-order chi connectivity index (χ1) is 11.2. The molecule has 0 saturated carbocycles. The number of likely N-dealkylation sites (tertiary alicyclic amines) is 1. The summed E-state index contributed by atoms with van der Waals surface area (Å²) in [5, 5.41) is 10.9. The van der Waals surface area contributed by atoms with E-state index in [1.807, 2.05) is 29.2 Å². The summed E-state index contributed by atoms with van der Waals surface area (Å²) in [5.41, 5.74) is 0.188. The number of rotatable bonds is 2. The molecule has 1 unspecified atom stereocenters. The lowest BCUT2D eigenvalue weighted by Crippen LogP contribution is -2.57. The van der Waals surface area contributed by atoms with Gasteiger partial charge < -0.3 is 19.3 Å². The van der Waals surface area contributed by atoms with Crippen LogP contribution >= 0.6 is 0 Å². The number of piperidine rings is 1. The zero-order valence-electron chi connectivity index (χ0n) is 13.1. The van der Waals surface area contributed by atoms with Crippen LogP contribution in [0.5, 0.6) is 0 Å². The normalized spacial score (nSPS) is 25.3. The molecule has 0 radical (unpaired) electrons. The summed E-state index contributed by atoms with van der Waals surface area (Å²) in [6, 6.07) is 8.07. The van der Waals surface area contributed by atoms with E-state index < -0.39 is 5.60 Å². The molecular formula is C17H21N3O3. The van der Waals surface area contributed by atoms with Crippen LogP contribution in [0.25, 0.3) is 11.1 Å². The number of anilines is 1. The number of aromatic nitrogens is 1. The Morgan fingerprint density at radius 1 is 1.17 bits per heavy atom. The number of hydrogen-bond acceptors (Lipinski definition) is 5. The number of para-hydroxylation sites is 2. The monoisotopic (exact) mass is 315 g/mol. The Balaban J connectivity index is 1.57. The van der Waals surface area contributed by atoms with Gasteiger partial charge in [0.2, 0.25) is 0 Å². The molecule has 6 nitrogen and oxygen atoms in total. The van der Waals surface area contributed by atoms with Gasteiger partial charge in [-0.3, -0.25) is 4.79 Å². The van der Waals surface area contributed by atoms with E-state index in [0.717, 1.165) is 50.0 Å². The van der Waals surface area contributed by atoms with E-state index in [9.17, 15) is 9.90 Å². The Hall–Kier alpha value is -2.08. The minimum absolute atomic E-state index is 0.143. The maximum atomic E-state index is 12.7. The van der Waals surface area contributed by atoms with Gasteiger partial charge in [-0.15, -0.1) is 0 Å². The average molecular weight is 315 g/mol. The summed E-state index contributed by atoms with van der Waals surface area (Å²) in [7, 11) is 0. The van der Waals surface area contributed by atoms with Gasteiger partial charge in [0.15, 0.2) is 11.2 Å². The quantitative estimate of drug-likeness (QED) is 0.915. The molecule has 1 amide bonds. The molecule has 2 aliphatic rings. The van der Waals surface area contributed by atoms with Crippen LogP contribution in [0.3, 0.4) is 0 Å². The van der Waals surface area contributed by atoms with E-state index in [2.05, 4.69) is 4.98 Å². The van der Waals surface area contributed by atoms with Gasteiger partial charge in [-0.1, -0.05) is 12.1 Å². The van der Waals surface area contributed by atoms with Gasteiger partial charge in [-0.25, -0.2) is 0 Å². The zero-order valence-corrected chi connectivity index (χ0v) is 13.1. The summed E-state index contributed by atoms with van der Waals surface area (Å²) in [5.74, 6) is -0.143. The van der Waals surface area contributed by atoms with E-state index in [1.54, 1.807) is 4.90 Å². The lowest BCUT2D eigenvalue weighted by atomic mass is 9.91. The molecule has 2 saturated heterocycles. The molecule has 2 fully saturated rings. The number of carbonyl (C=O) groups excluding carboxylic acids is 1. The standard InChI is InChI=1S/C17H21N3O3/c21-15(19-9-3-4-10-19)17(22)8-5-11-20(12-17)16-18-13-6-1-2-7-14(13)23-16/h1-2,6-7,22H,3-5,8-12H2. The number of fused-ring (bicyclic) bond motifs is 1. The third kappa shape index (κ3) is 2.57. The molecule has 1 aromatic carbocycles. The highest BCUT2D eigenvalue weighted by molar-refractivity contribution is 5.86. The molecule has 1 N–H and O–H groups in total. The number of aliphatic hydroxyl groups is 1. The van der Waals surface area contributed by atoms with Crippen LogP contribution in [0, 0.1) is 0 Å². The molecule has 6 heteroatoms. The summed E-state index contributed by atoms with van der Waals surface area (Å²) >= 11 is 0. The predicted octanol–water partition coefficient (Wildman–Crippen LogP) is 1.78. The second kappa shape index (κ2) is 5.53. The molecule has 0 bridgehead atoms.